The average Bonchev–Trinajstić information content (AvgIpc) is 2.15. The molecule has 0 bridgehead atoms. The van der Waals surface area contributed by atoms with Crippen LogP contribution in [0.4, 0.5) is 0 Å². The van der Waals surface area contributed by atoms with E-state index in [1.54, 1.807) is 0 Å². The van der Waals surface area contributed by atoms with Crippen LogP contribution in [0, 0.1) is 11.8 Å². The lowest BCUT2D eigenvalue weighted by molar-refractivity contribution is 0.240. The minimum absolute atomic E-state index is 0.829. The molecule has 12 heavy (non-hydrogen) atoms. The molecule has 0 aromatic rings. The first-order valence-corrected chi connectivity index (χ1v) is 5.58. The van der Waals surface area contributed by atoms with E-state index in [9.17, 15) is 0 Å². The maximum atomic E-state index is 5.79. The molecule has 0 aromatic heterocycles. The van der Waals surface area contributed by atoms with E-state index in [0.29, 0.717) is 0 Å². The van der Waals surface area contributed by atoms with Crippen molar-refractivity contribution in [1.82, 2.24) is 0 Å². The summed E-state index contributed by atoms with van der Waals surface area (Å²) in [5, 5.41) is 0. The highest BCUT2D eigenvalue weighted by molar-refractivity contribution is 4.74. The highest BCUT2D eigenvalue weighted by Crippen LogP contribution is 2.31. The molecular weight excluding hydrogens is 146 g/mol. The molecule has 1 rings (SSSR count). The Bertz CT molecular complexity index is 103. The fraction of sp³-hybridized carbons (Fsp3) is 1.00. The van der Waals surface area contributed by atoms with Gasteiger partial charge in [0.1, 0.15) is 0 Å². The Labute approximate surface area is 76.7 Å². The van der Waals surface area contributed by atoms with E-state index < -0.39 is 0 Å². The number of hydrogen-bond acceptors (Lipinski definition) is 1. The first-order chi connectivity index (χ1) is 5.88. The normalized spacial score (nSPS) is 22.5. The van der Waals surface area contributed by atoms with E-state index in [4.69, 9.17) is 5.73 Å². The Balaban J connectivity index is 2.29. The third-order valence-corrected chi connectivity index (χ3v) is 3.28. The quantitative estimate of drug-likeness (QED) is 0.688. The van der Waals surface area contributed by atoms with E-state index in [2.05, 4.69) is 6.92 Å². The summed E-state index contributed by atoms with van der Waals surface area (Å²) in [4.78, 5) is 0. The SMILES string of the molecule is CCCC(CN)C1CCCCC1. The number of hydrogen-bond donors (Lipinski definition) is 1. The van der Waals surface area contributed by atoms with Crippen LogP contribution in [0.15, 0.2) is 0 Å². The van der Waals surface area contributed by atoms with Crippen molar-refractivity contribution in [1.29, 1.82) is 0 Å². The summed E-state index contributed by atoms with van der Waals surface area (Å²) in [5.41, 5.74) is 5.79. The highest BCUT2D eigenvalue weighted by Gasteiger charge is 2.21. The van der Waals surface area contributed by atoms with Gasteiger partial charge in [0.15, 0.2) is 0 Å². The van der Waals surface area contributed by atoms with Gasteiger partial charge in [-0.15, -0.1) is 0 Å². The largest absolute Gasteiger partial charge is 0.330 e. The lowest BCUT2D eigenvalue weighted by atomic mass is 9.78. The molecule has 2 N–H and O–H groups in total. The van der Waals surface area contributed by atoms with Gasteiger partial charge < -0.3 is 5.73 Å². The van der Waals surface area contributed by atoms with Crippen molar-refractivity contribution >= 4 is 0 Å². The van der Waals surface area contributed by atoms with Crippen LogP contribution in [0.25, 0.3) is 0 Å². The minimum atomic E-state index is 0.829. The zero-order valence-corrected chi connectivity index (χ0v) is 8.39. The molecule has 1 fully saturated rings. The maximum absolute atomic E-state index is 5.79. The summed E-state index contributed by atoms with van der Waals surface area (Å²) in [5.74, 6) is 1.79. The maximum Gasteiger partial charge on any atom is -0.00462 e. The summed E-state index contributed by atoms with van der Waals surface area (Å²) in [6.45, 7) is 3.18. The third kappa shape index (κ3) is 2.78. The van der Waals surface area contributed by atoms with E-state index in [1.807, 2.05) is 0 Å². The Morgan fingerprint density at radius 1 is 1.25 bits per heavy atom. The first-order valence-electron chi connectivity index (χ1n) is 5.58. The van der Waals surface area contributed by atoms with Crippen LogP contribution in [0.5, 0.6) is 0 Å². The molecule has 1 saturated carbocycles. The van der Waals surface area contributed by atoms with Crippen LogP contribution >= 0.6 is 0 Å². The van der Waals surface area contributed by atoms with Crippen molar-refractivity contribution in [2.24, 2.45) is 17.6 Å². The fourth-order valence-corrected chi connectivity index (χ4v) is 2.52. The molecule has 1 aliphatic carbocycles. The Morgan fingerprint density at radius 3 is 2.42 bits per heavy atom. The Morgan fingerprint density at radius 2 is 1.92 bits per heavy atom. The van der Waals surface area contributed by atoms with Gasteiger partial charge in [-0.3, -0.25) is 0 Å². The third-order valence-electron chi connectivity index (χ3n) is 3.28. The molecule has 72 valence electrons. The van der Waals surface area contributed by atoms with Crippen molar-refractivity contribution < 1.29 is 0 Å². The zero-order chi connectivity index (χ0) is 8.81. The van der Waals surface area contributed by atoms with Crippen molar-refractivity contribution in [3.05, 3.63) is 0 Å². The molecule has 0 amide bonds. The standard InChI is InChI=1S/C11H23N/c1-2-6-11(9-12)10-7-4-3-5-8-10/h10-11H,2-9,12H2,1H3. The van der Waals surface area contributed by atoms with Gasteiger partial charge in [0.2, 0.25) is 0 Å². The molecule has 1 aliphatic rings. The van der Waals surface area contributed by atoms with Gasteiger partial charge in [-0.05, 0) is 24.8 Å². The number of rotatable bonds is 4. The van der Waals surface area contributed by atoms with Gasteiger partial charge in [0.25, 0.3) is 0 Å². The van der Waals surface area contributed by atoms with Gasteiger partial charge in [0.05, 0.1) is 0 Å². The second-order valence-electron chi connectivity index (χ2n) is 4.18. The average molecular weight is 169 g/mol. The molecular formula is C11H23N. The lowest BCUT2D eigenvalue weighted by Gasteiger charge is -2.29. The van der Waals surface area contributed by atoms with E-state index in [-0.39, 0.29) is 0 Å². The van der Waals surface area contributed by atoms with Gasteiger partial charge in [-0.25, -0.2) is 0 Å². The predicted molar refractivity (Wildman–Crippen MR) is 54.0 cm³/mol. The highest BCUT2D eigenvalue weighted by atomic mass is 14.6. The molecule has 0 heterocycles. The first kappa shape index (κ1) is 10.0. The fourth-order valence-electron chi connectivity index (χ4n) is 2.52. The Kier molecular flexibility index (Phi) is 4.67. The van der Waals surface area contributed by atoms with Gasteiger partial charge in [-0.1, -0.05) is 45.4 Å². The second-order valence-corrected chi connectivity index (χ2v) is 4.18. The van der Waals surface area contributed by atoms with Crippen LogP contribution < -0.4 is 5.73 Å². The zero-order valence-electron chi connectivity index (χ0n) is 8.39. The number of nitrogens with two attached hydrogens (primary N) is 1. The van der Waals surface area contributed by atoms with E-state index >= 15 is 0 Å². The van der Waals surface area contributed by atoms with Crippen LogP contribution in [-0.2, 0) is 0 Å². The molecule has 0 aliphatic heterocycles. The molecule has 0 spiro atoms. The molecule has 1 heteroatoms. The topological polar surface area (TPSA) is 26.0 Å². The molecule has 0 saturated heterocycles. The van der Waals surface area contributed by atoms with Crippen LogP contribution in [0.3, 0.4) is 0 Å². The summed E-state index contributed by atoms with van der Waals surface area (Å²) in [6.07, 6.45) is 9.90. The second kappa shape index (κ2) is 5.58. The van der Waals surface area contributed by atoms with Gasteiger partial charge in [0, 0.05) is 0 Å². The smallest absolute Gasteiger partial charge is 0.00462 e. The van der Waals surface area contributed by atoms with Crippen molar-refractivity contribution in [3.8, 4) is 0 Å². The van der Waals surface area contributed by atoms with Crippen molar-refractivity contribution in [2.45, 2.75) is 51.9 Å². The van der Waals surface area contributed by atoms with Crippen LogP contribution in [-0.4, -0.2) is 6.54 Å². The van der Waals surface area contributed by atoms with E-state index in [1.165, 1.54) is 44.9 Å². The summed E-state index contributed by atoms with van der Waals surface area (Å²) < 4.78 is 0. The lowest BCUT2D eigenvalue weighted by Crippen LogP contribution is -2.25. The van der Waals surface area contributed by atoms with Crippen molar-refractivity contribution in [3.63, 3.8) is 0 Å². The monoisotopic (exact) mass is 169 g/mol. The van der Waals surface area contributed by atoms with Gasteiger partial charge in [-0.2, -0.15) is 0 Å². The molecule has 1 nitrogen and oxygen atoms in total. The Hall–Kier alpha value is -0.0400. The molecule has 1 unspecified atom stereocenters. The summed E-state index contributed by atoms with van der Waals surface area (Å²) in [7, 11) is 0. The van der Waals surface area contributed by atoms with Crippen LogP contribution in [0.2, 0.25) is 0 Å². The van der Waals surface area contributed by atoms with Gasteiger partial charge >= 0.3 is 0 Å². The summed E-state index contributed by atoms with van der Waals surface area (Å²) in [6, 6.07) is 0. The van der Waals surface area contributed by atoms with Crippen molar-refractivity contribution in [2.75, 3.05) is 6.54 Å². The van der Waals surface area contributed by atoms with E-state index in [0.717, 1.165) is 18.4 Å². The molecule has 0 aromatic carbocycles. The predicted octanol–water partition coefficient (Wildman–Crippen LogP) is 2.94. The molecule has 0 radical (unpaired) electrons. The van der Waals surface area contributed by atoms with Crippen LogP contribution in [0.1, 0.15) is 51.9 Å². The minimum Gasteiger partial charge on any atom is -0.330 e. The molecule has 1 atom stereocenters. The summed E-state index contributed by atoms with van der Waals surface area (Å²) >= 11 is 0.